The van der Waals surface area contributed by atoms with Gasteiger partial charge in [0.15, 0.2) is 5.82 Å². The number of carbonyl (C=O) groups excluding carboxylic acids is 1. The van der Waals surface area contributed by atoms with Gasteiger partial charge in [-0.25, -0.2) is 0 Å². The van der Waals surface area contributed by atoms with E-state index in [0.717, 1.165) is 24.8 Å². The van der Waals surface area contributed by atoms with Crippen LogP contribution in [0.15, 0.2) is 53.1 Å². The smallest absolute Gasteiger partial charge is 0.257 e. The topological polar surface area (TPSA) is 68.0 Å². The van der Waals surface area contributed by atoms with Crippen molar-refractivity contribution in [3.63, 3.8) is 0 Å². The van der Waals surface area contributed by atoms with E-state index in [2.05, 4.69) is 33.7 Å². The summed E-state index contributed by atoms with van der Waals surface area (Å²) in [5, 5.41) is 6.95. The molecule has 1 heterocycles. The quantitative estimate of drug-likeness (QED) is 0.790. The third-order valence-corrected chi connectivity index (χ3v) is 4.60. The maximum atomic E-state index is 12.6. The summed E-state index contributed by atoms with van der Waals surface area (Å²) < 4.78 is 5.15. The van der Waals surface area contributed by atoms with Crippen molar-refractivity contribution in [1.29, 1.82) is 0 Å². The second-order valence-electron chi connectivity index (χ2n) is 6.34. The predicted molar refractivity (Wildman–Crippen MR) is 94.1 cm³/mol. The fraction of sp³-hybridized carbons (Fsp3) is 0.250. The van der Waals surface area contributed by atoms with Gasteiger partial charge in [-0.2, -0.15) is 4.98 Å². The van der Waals surface area contributed by atoms with Crippen LogP contribution < -0.4 is 5.32 Å². The van der Waals surface area contributed by atoms with Crippen LogP contribution in [0.1, 0.15) is 46.2 Å². The van der Waals surface area contributed by atoms with E-state index < -0.39 is 0 Å². The number of hydrogen-bond acceptors (Lipinski definition) is 4. The molecule has 0 aliphatic heterocycles. The Hall–Kier alpha value is -2.95. The van der Waals surface area contributed by atoms with Gasteiger partial charge in [-0.15, -0.1) is 0 Å². The standard InChI is InChI=1S/C20H19N3O2/c1-13-21-20(25-23-13)16-11-9-15(10-12-16)19(24)22-18-8-4-6-14-5-2-3-7-17(14)18/h2-3,5,7,9-12,18H,4,6,8H2,1H3,(H,22,24). The van der Waals surface area contributed by atoms with Gasteiger partial charge < -0.3 is 9.84 Å². The molecule has 1 N–H and O–H groups in total. The summed E-state index contributed by atoms with van der Waals surface area (Å²) >= 11 is 0. The lowest BCUT2D eigenvalue weighted by Gasteiger charge is -2.26. The first-order chi connectivity index (χ1) is 12.2. The Kier molecular flexibility index (Phi) is 4.06. The highest BCUT2D eigenvalue weighted by Gasteiger charge is 2.21. The molecule has 1 aliphatic carbocycles. The molecular weight excluding hydrogens is 314 g/mol. The van der Waals surface area contributed by atoms with E-state index in [-0.39, 0.29) is 11.9 Å². The van der Waals surface area contributed by atoms with Crippen molar-refractivity contribution < 1.29 is 9.32 Å². The van der Waals surface area contributed by atoms with Gasteiger partial charge >= 0.3 is 0 Å². The third kappa shape index (κ3) is 3.18. The first-order valence-electron chi connectivity index (χ1n) is 8.50. The zero-order valence-electron chi connectivity index (χ0n) is 14.0. The van der Waals surface area contributed by atoms with Crippen LogP contribution in [-0.2, 0) is 6.42 Å². The Bertz CT molecular complexity index is 899. The van der Waals surface area contributed by atoms with Crippen molar-refractivity contribution >= 4 is 5.91 Å². The Morgan fingerprint density at radius 3 is 2.72 bits per heavy atom. The average Bonchev–Trinajstić information content (AvgIpc) is 3.08. The molecule has 1 atom stereocenters. The molecule has 0 spiro atoms. The van der Waals surface area contributed by atoms with Crippen LogP contribution in [-0.4, -0.2) is 16.0 Å². The lowest BCUT2D eigenvalue weighted by Crippen LogP contribution is -2.30. The van der Waals surface area contributed by atoms with E-state index in [1.165, 1.54) is 11.1 Å². The molecule has 0 bridgehead atoms. The summed E-state index contributed by atoms with van der Waals surface area (Å²) in [5.41, 5.74) is 4.00. The molecule has 4 rings (SSSR count). The minimum absolute atomic E-state index is 0.0602. The van der Waals surface area contributed by atoms with Crippen molar-refractivity contribution in [3.8, 4) is 11.5 Å². The fourth-order valence-corrected chi connectivity index (χ4v) is 3.32. The number of fused-ring (bicyclic) bond motifs is 1. The summed E-state index contributed by atoms with van der Waals surface area (Å²) in [7, 11) is 0. The Balaban J connectivity index is 1.50. The molecule has 126 valence electrons. The molecule has 0 fully saturated rings. The number of amides is 1. The molecular formula is C20H19N3O2. The summed E-state index contributed by atoms with van der Waals surface area (Å²) in [6.45, 7) is 1.77. The van der Waals surface area contributed by atoms with Crippen LogP contribution in [0.25, 0.3) is 11.5 Å². The summed E-state index contributed by atoms with van der Waals surface area (Å²) in [4.78, 5) is 16.8. The Morgan fingerprint density at radius 1 is 1.16 bits per heavy atom. The molecule has 5 heteroatoms. The Morgan fingerprint density at radius 2 is 1.96 bits per heavy atom. The average molecular weight is 333 g/mol. The van der Waals surface area contributed by atoms with E-state index in [0.29, 0.717) is 17.3 Å². The third-order valence-electron chi connectivity index (χ3n) is 4.60. The molecule has 1 aliphatic rings. The number of aromatic nitrogens is 2. The monoisotopic (exact) mass is 333 g/mol. The van der Waals surface area contributed by atoms with Crippen LogP contribution in [0.5, 0.6) is 0 Å². The van der Waals surface area contributed by atoms with Gasteiger partial charge in [-0.05, 0) is 61.6 Å². The first kappa shape index (κ1) is 15.6. The number of rotatable bonds is 3. The molecule has 5 nitrogen and oxygen atoms in total. The number of carbonyl (C=O) groups is 1. The highest BCUT2D eigenvalue weighted by atomic mass is 16.5. The SMILES string of the molecule is Cc1noc(-c2ccc(C(=O)NC3CCCc4ccccc43)cc2)n1. The molecule has 0 radical (unpaired) electrons. The largest absolute Gasteiger partial charge is 0.345 e. The van der Waals surface area contributed by atoms with Gasteiger partial charge in [0, 0.05) is 11.1 Å². The molecule has 25 heavy (non-hydrogen) atoms. The van der Waals surface area contributed by atoms with Crippen LogP contribution in [0.3, 0.4) is 0 Å². The van der Waals surface area contributed by atoms with Gasteiger partial charge in [-0.1, -0.05) is 29.4 Å². The van der Waals surface area contributed by atoms with Crippen molar-refractivity contribution in [3.05, 3.63) is 71.0 Å². The van der Waals surface area contributed by atoms with Gasteiger partial charge in [0.05, 0.1) is 6.04 Å². The molecule has 3 aromatic rings. The summed E-state index contributed by atoms with van der Waals surface area (Å²) in [5.74, 6) is 0.994. The molecule has 1 amide bonds. The highest BCUT2D eigenvalue weighted by molar-refractivity contribution is 5.94. The van der Waals surface area contributed by atoms with Gasteiger partial charge in [0.2, 0.25) is 0 Å². The second kappa shape index (κ2) is 6.51. The first-order valence-corrected chi connectivity index (χ1v) is 8.50. The lowest BCUT2D eigenvalue weighted by atomic mass is 9.87. The van der Waals surface area contributed by atoms with Crippen LogP contribution >= 0.6 is 0 Å². The van der Waals surface area contributed by atoms with Crippen LogP contribution in [0.2, 0.25) is 0 Å². The van der Waals surface area contributed by atoms with Crippen molar-refractivity contribution in [2.24, 2.45) is 0 Å². The second-order valence-corrected chi connectivity index (χ2v) is 6.34. The number of nitrogens with one attached hydrogen (secondary N) is 1. The molecule has 1 unspecified atom stereocenters. The van der Waals surface area contributed by atoms with Gasteiger partial charge in [-0.3, -0.25) is 4.79 Å². The summed E-state index contributed by atoms with van der Waals surface area (Å²) in [6.07, 6.45) is 3.15. The van der Waals surface area contributed by atoms with E-state index in [4.69, 9.17) is 4.52 Å². The Labute approximate surface area is 146 Å². The molecule has 1 aromatic heterocycles. The van der Waals surface area contributed by atoms with Gasteiger partial charge in [0.25, 0.3) is 11.8 Å². The molecule has 2 aromatic carbocycles. The van der Waals surface area contributed by atoms with Crippen molar-refractivity contribution in [1.82, 2.24) is 15.5 Å². The van der Waals surface area contributed by atoms with E-state index in [1.807, 2.05) is 18.2 Å². The van der Waals surface area contributed by atoms with Crippen molar-refractivity contribution in [2.45, 2.75) is 32.2 Å². The molecule has 0 saturated carbocycles. The highest BCUT2D eigenvalue weighted by Crippen LogP contribution is 2.29. The minimum atomic E-state index is -0.0602. The van der Waals surface area contributed by atoms with Gasteiger partial charge in [0.1, 0.15) is 0 Å². The fourth-order valence-electron chi connectivity index (χ4n) is 3.32. The zero-order valence-corrected chi connectivity index (χ0v) is 14.0. The maximum absolute atomic E-state index is 12.6. The van der Waals surface area contributed by atoms with E-state index in [1.54, 1.807) is 19.1 Å². The summed E-state index contributed by atoms with van der Waals surface area (Å²) in [6, 6.07) is 15.7. The number of hydrogen-bond donors (Lipinski definition) is 1. The zero-order chi connectivity index (χ0) is 17.2. The number of nitrogens with zero attached hydrogens (tertiary/aromatic N) is 2. The number of benzene rings is 2. The van der Waals surface area contributed by atoms with E-state index in [9.17, 15) is 4.79 Å². The van der Waals surface area contributed by atoms with Crippen LogP contribution in [0, 0.1) is 6.92 Å². The molecule has 0 saturated heterocycles. The van der Waals surface area contributed by atoms with E-state index >= 15 is 0 Å². The van der Waals surface area contributed by atoms with Crippen molar-refractivity contribution in [2.75, 3.05) is 0 Å². The lowest BCUT2D eigenvalue weighted by molar-refractivity contribution is 0.0933. The predicted octanol–water partition coefficient (Wildman–Crippen LogP) is 3.85. The minimum Gasteiger partial charge on any atom is -0.345 e. The number of aryl methyl sites for hydroxylation is 2. The normalized spacial score (nSPS) is 16.3. The van der Waals surface area contributed by atoms with Crippen LogP contribution in [0.4, 0.5) is 0 Å². The maximum Gasteiger partial charge on any atom is 0.257 e.